The minimum absolute atomic E-state index is 0.168. The van der Waals surface area contributed by atoms with Crippen molar-refractivity contribution in [1.82, 2.24) is 0 Å². The number of unbranched alkanes of at least 4 members (excludes halogenated alkanes) is 2. The van der Waals surface area contributed by atoms with Gasteiger partial charge in [-0.1, -0.05) is 24.9 Å². The highest BCUT2D eigenvalue weighted by molar-refractivity contribution is 6.31. The van der Waals surface area contributed by atoms with Crippen molar-refractivity contribution in [3.63, 3.8) is 0 Å². The molecule has 1 rings (SSSR count). The number of rotatable bonds is 12. The number of ether oxygens (including phenoxy) is 2. The first-order valence-electron chi connectivity index (χ1n) is 8.68. The zero-order chi connectivity index (χ0) is 18.7. The van der Waals surface area contributed by atoms with E-state index in [2.05, 4.69) is 4.74 Å². The van der Waals surface area contributed by atoms with Crippen LogP contribution in [0.1, 0.15) is 51.0 Å². The van der Waals surface area contributed by atoms with E-state index in [1.807, 2.05) is 25.1 Å². The minimum atomic E-state index is -0.284. The molecule has 1 atom stereocenters. The predicted octanol–water partition coefficient (Wildman–Crippen LogP) is 3.90. The Bertz CT molecular complexity index is 562. The summed E-state index contributed by atoms with van der Waals surface area (Å²) >= 11 is 6.25. The third-order valence-corrected chi connectivity index (χ3v) is 4.36. The SMILES string of the molecule is COC(=O)CCCCCc1cc(OC[C@@H](C)CCC(N)=O)ccc1Cl. The zero-order valence-corrected chi connectivity index (χ0v) is 15.8. The van der Waals surface area contributed by atoms with Crippen LogP contribution in [-0.2, 0) is 20.7 Å². The largest absolute Gasteiger partial charge is 0.493 e. The number of aryl methyl sites for hydroxylation is 1. The van der Waals surface area contributed by atoms with Crippen molar-refractivity contribution >= 4 is 23.5 Å². The molecule has 0 aliphatic carbocycles. The normalized spacial score (nSPS) is 11.8. The van der Waals surface area contributed by atoms with E-state index in [0.717, 1.165) is 48.4 Å². The maximum absolute atomic E-state index is 11.1. The standard InChI is InChI=1S/C19H28ClNO4/c1-14(8-11-18(21)22)13-25-16-9-10-17(20)15(12-16)6-4-3-5-7-19(23)24-2/h9-10,12,14H,3-8,11,13H2,1-2H3,(H2,21,22)/t14-/m0/s1. The van der Waals surface area contributed by atoms with Gasteiger partial charge in [-0.05, 0) is 55.4 Å². The number of halogens is 1. The van der Waals surface area contributed by atoms with E-state index in [9.17, 15) is 9.59 Å². The summed E-state index contributed by atoms with van der Waals surface area (Å²) in [6.45, 7) is 2.56. The monoisotopic (exact) mass is 369 g/mol. The summed E-state index contributed by atoms with van der Waals surface area (Å²) in [6, 6.07) is 5.65. The van der Waals surface area contributed by atoms with Gasteiger partial charge in [-0.15, -0.1) is 0 Å². The van der Waals surface area contributed by atoms with Crippen molar-refractivity contribution in [2.75, 3.05) is 13.7 Å². The lowest BCUT2D eigenvalue weighted by atomic mass is 10.1. The van der Waals surface area contributed by atoms with Crippen molar-refractivity contribution in [2.24, 2.45) is 11.7 Å². The molecule has 1 aromatic carbocycles. The van der Waals surface area contributed by atoms with Gasteiger partial charge >= 0.3 is 5.97 Å². The first-order valence-corrected chi connectivity index (χ1v) is 9.06. The molecule has 0 bridgehead atoms. The fourth-order valence-corrected chi connectivity index (χ4v) is 2.62. The molecule has 1 aromatic rings. The third-order valence-electron chi connectivity index (χ3n) is 3.99. The summed E-state index contributed by atoms with van der Waals surface area (Å²) < 4.78 is 10.4. The van der Waals surface area contributed by atoms with Crippen LogP contribution in [-0.4, -0.2) is 25.6 Å². The molecular weight excluding hydrogens is 342 g/mol. The lowest BCUT2D eigenvalue weighted by Crippen LogP contribution is -2.15. The van der Waals surface area contributed by atoms with Crippen molar-refractivity contribution in [3.8, 4) is 5.75 Å². The number of benzene rings is 1. The number of nitrogens with two attached hydrogens (primary N) is 1. The fourth-order valence-electron chi connectivity index (χ4n) is 2.41. The topological polar surface area (TPSA) is 78.6 Å². The van der Waals surface area contributed by atoms with Crippen LogP contribution in [0.15, 0.2) is 18.2 Å². The second kappa shape index (κ2) is 11.7. The second-order valence-electron chi connectivity index (χ2n) is 6.31. The molecule has 5 nitrogen and oxygen atoms in total. The Labute approximate surface area is 154 Å². The van der Waals surface area contributed by atoms with Crippen LogP contribution in [0.3, 0.4) is 0 Å². The van der Waals surface area contributed by atoms with Crippen molar-refractivity contribution in [1.29, 1.82) is 0 Å². The van der Waals surface area contributed by atoms with E-state index in [0.29, 0.717) is 19.4 Å². The molecule has 0 heterocycles. The number of amides is 1. The van der Waals surface area contributed by atoms with Gasteiger partial charge in [0.25, 0.3) is 0 Å². The van der Waals surface area contributed by atoms with E-state index in [1.165, 1.54) is 7.11 Å². The Morgan fingerprint density at radius 2 is 1.96 bits per heavy atom. The van der Waals surface area contributed by atoms with E-state index >= 15 is 0 Å². The van der Waals surface area contributed by atoms with Gasteiger partial charge < -0.3 is 15.2 Å². The van der Waals surface area contributed by atoms with Gasteiger partial charge in [-0.3, -0.25) is 9.59 Å². The van der Waals surface area contributed by atoms with E-state index in [-0.39, 0.29) is 17.8 Å². The van der Waals surface area contributed by atoms with Gasteiger partial charge in [-0.25, -0.2) is 0 Å². The summed E-state index contributed by atoms with van der Waals surface area (Å²) in [7, 11) is 1.41. The molecular formula is C19H28ClNO4. The molecule has 0 spiro atoms. The van der Waals surface area contributed by atoms with Crippen molar-refractivity contribution in [2.45, 2.75) is 51.9 Å². The molecule has 0 aromatic heterocycles. The number of carbonyl (C=O) groups excluding carboxylic acids is 2. The Balaban J connectivity index is 2.39. The van der Waals surface area contributed by atoms with E-state index in [4.69, 9.17) is 22.1 Å². The van der Waals surface area contributed by atoms with Gasteiger partial charge in [0, 0.05) is 17.9 Å². The molecule has 0 saturated carbocycles. The number of carbonyl (C=O) groups is 2. The number of hydrogen-bond acceptors (Lipinski definition) is 4. The molecule has 0 aliphatic rings. The summed E-state index contributed by atoms with van der Waals surface area (Å²) in [4.78, 5) is 21.9. The van der Waals surface area contributed by atoms with Gasteiger partial charge in [-0.2, -0.15) is 0 Å². The first kappa shape index (κ1) is 21.3. The first-order chi connectivity index (χ1) is 11.9. The van der Waals surface area contributed by atoms with E-state index < -0.39 is 0 Å². The molecule has 0 radical (unpaired) electrons. The number of hydrogen-bond donors (Lipinski definition) is 1. The lowest BCUT2D eigenvalue weighted by molar-refractivity contribution is -0.140. The third kappa shape index (κ3) is 9.34. The number of esters is 1. The Hall–Kier alpha value is -1.75. The molecule has 0 fully saturated rings. The van der Waals surface area contributed by atoms with Crippen molar-refractivity contribution in [3.05, 3.63) is 28.8 Å². The summed E-state index contributed by atoms with van der Waals surface area (Å²) in [5.74, 6) is 0.580. The van der Waals surface area contributed by atoms with Crippen LogP contribution in [0.2, 0.25) is 5.02 Å². The average molecular weight is 370 g/mol. The molecule has 2 N–H and O–H groups in total. The van der Waals surface area contributed by atoms with Crippen LogP contribution in [0.5, 0.6) is 5.75 Å². The second-order valence-corrected chi connectivity index (χ2v) is 6.72. The number of methoxy groups -OCH3 is 1. The van der Waals surface area contributed by atoms with Crippen LogP contribution in [0.4, 0.5) is 0 Å². The summed E-state index contributed by atoms with van der Waals surface area (Å²) in [5, 5.41) is 0.724. The van der Waals surface area contributed by atoms with Crippen LogP contribution in [0.25, 0.3) is 0 Å². The average Bonchev–Trinajstić information content (AvgIpc) is 2.59. The summed E-state index contributed by atoms with van der Waals surface area (Å²) in [6.07, 6.45) is 5.11. The van der Waals surface area contributed by atoms with Crippen LogP contribution >= 0.6 is 11.6 Å². The Kier molecular flexibility index (Phi) is 10.0. The van der Waals surface area contributed by atoms with E-state index in [1.54, 1.807) is 0 Å². The highest BCUT2D eigenvalue weighted by atomic mass is 35.5. The summed E-state index contributed by atoms with van der Waals surface area (Å²) in [5.41, 5.74) is 6.20. The minimum Gasteiger partial charge on any atom is -0.493 e. The van der Waals surface area contributed by atoms with Gasteiger partial charge in [0.2, 0.25) is 5.91 Å². The maximum atomic E-state index is 11.1. The highest BCUT2D eigenvalue weighted by Gasteiger charge is 2.08. The van der Waals surface area contributed by atoms with Gasteiger partial charge in [0.15, 0.2) is 0 Å². The van der Waals surface area contributed by atoms with Gasteiger partial charge in [0.05, 0.1) is 13.7 Å². The molecule has 1 amide bonds. The molecule has 0 aliphatic heterocycles. The van der Waals surface area contributed by atoms with Gasteiger partial charge in [0.1, 0.15) is 5.75 Å². The molecule has 25 heavy (non-hydrogen) atoms. The van der Waals surface area contributed by atoms with Crippen LogP contribution < -0.4 is 10.5 Å². The molecule has 6 heteroatoms. The van der Waals surface area contributed by atoms with Crippen molar-refractivity contribution < 1.29 is 19.1 Å². The predicted molar refractivity (Wildman–Crippen MR) is 98.7 cm³/mol. The smallest absolute Gasteiger partial charge is 0.305 e. The lowest BCUT2D eigenvalue weighted by Gasteiger charge is -2.14. The molecule has 140 valence electrons. The molecule has 0 unspecified atom stereocenters. The zero-order valence-electron chi connectivity index (χ0n) is 15.1. The Morgan fingerprint density at radius 1 is 1.20 bits per heavy atom. The quantitative estimate of drug-likeness (QED) is 0.447. The molecule has 0 saturated heterocycles. The fraction of sp³-hybridized carbons (Fsp3) is 0.579. The highest BCUT2D eigenvalue weighted by Crippen LogP contribution is 2.24. The maximum Gasteiger partial charge on any atom is 0.305 e. The Morgan fingerprint density at radius 3 is 2.64 bits per heavy atom. The number of primary amides is 1. The van der Waals surface area contributed by atoms with Crippen LogP contribution in [0, 0.1) is 5.92 Å².